The molecule has 2 heterocycles. The standard InChI is InChI=1S/C19H27ClN2O5S/c1-26-14-15-28(24,25)22-10-8-21(9-11-22)18(23)19(6-12-27-13-7-19)16-2-4-17(20)5-3-16/h2-5H,6-15H2,1H3. The Bertz CT molecular complexity index is 770. The van der Waals surface area contributed by atoms with Crippen molar-refractivity contribution in [3.63, 3.8) is 0 Å². The van der Waals surface area contributed by atoms with Gasteiger partial charge in [-0.3, -0.25) is 4.79 Å². The van der Waals surface area contributed by atoms with E-state index in [1.807, 2.05) is 24.3 Å². The second-order valence-electron chi connectivity index (χ2n) is 7.20. The summed E-state index contributed by atoms with van der Waals surface area (Å²) >= 11 is 6.03. The number of hydrogen-bond acceptors (Lipinski definition) is 5. The van der Waals surface area contributed by atoms with Crippen molar-refractivity contribution < 1.29 is 22.7 Å². The van der Waals surface area contributed by atoms with Crippen molar-refractivity contribution >= 4 is 27.5 Å². The van der Waals surface area contributed by atoms with Crippen molar-refractivity contribution in [1.82, 2.24) is 9.21 Å². The summed E-state index contributed by atoms with van der Waals surface area (Å²) in [6, 6.07) is 7.44. The molecule has 2 aliphatic heterocycles. The molecule has 1 aromatic rings. The highest BCUT2D eigenvalue weighted by atomic mass is 35.5. The van der Waals surface area contributed by atoms with Crippen molar-refractivity contribution in [1.29, 1.82) is 0 Å². The first-order valence-corrected chi connectivity index (χ1v) is 11.5. The fraction of sp³-hybridized carbons (Fsp3) is 0.632. The van der Waals surface area contributed by atoms with E-state index in [9.17, 15) is 13.2 Å². The third-order valence-corrected chi connectivity index (χ3v) is 7.70. The highest BCUT2D eigenvalue weighted by Gasteiger charge is 2.45. The van der Waals surface area contributed by atoms with Crippen molar-refractivity contribution in [2.45, 2.75) is 18.3 Å². The number of benzene rings is 1. The maximum absolute atomic E-state index is 13.5. The third-order valence-electron chi connectivity index (χ3n) is 5.62. The van der Waals surface area contributed by atoms with E-state index in [1.165, 1.54) is 11.4 Å². The molecule has 0 spiro atoms. The van der Waals surface area contributed by atoms with E-state index in [4.69, 9.17) is 21.1 Å². The zero-order chi connectivity index (χ0) is 20.2. The molecule has 1 aromatic carbocycles. The number of sulfonamides is 1. The number of methoxy groups -OCH3 is 1. The second-order valence-corrected chi connectivity index (χ2v) is 9.73. The normalized spacial score (nSPS) is 20.9. The molecule has 156 valence electrons. The maximum Gasteiger partial charge on any atom is 0.233 e. The molecule has 0 unspecified atom stereocenters. The summed E-state index contributed by atoms with van der Waals surface area (Å²) in [5, 5.41) is 0.633. The summed E-state index contributed by atoms with van der Waals surface area (Å²) in [6.45, 7) is 2.62. The molecule has 2 saturated heterocycles. The molecule has 2 fully saturated rings. The molecule has 7 nitrogen and oxygen atoms in total. The number of halogens is 1. The van der Waals surface area contributed by atoms with Gasteiger partial charge in [-0.05, 0) is 30.5 Å². The van der Waals surface area contributed by atoms with E-state index in [0.717, 1.165) is 5.56 Å². The monoisotopic (exact) mass is 430 g/mol. The summed E-state index contributed by atoms with van der Waals surface area (Å²) in [4.78, 5) is 15.3. The quantitative estimate of drug-likeness (QED) is 0.683. The van der Waals surface area contributed by atoms with Crippen LogP contribution >= 0.6 is 11.6 Å². The van der Waals surface area contributed by atoms with Crippen LogP contribution < -0.4 is 0 Å². The van der Waals surface area contributed by atoms with Gasteiger partial charge in [-0.2, -0.15) is 4.31 Å². The number of amides is 1. The van der Waals surface area contributed by atoms with E-state index in [1.54, 1.807) is 4.90 Å². The van der Waals surface area contributed by atoms with E-state index in [-0.39, 0.29) is 18.3 Å². The molecule has 0 atom stereocenters. The minimum atomic E-state index is -3.36. The molecule has 0 radical (unpaired) electrons. The van der Waals surface area contributed by atoms with Gasteiger partial charge in [0, 0.05) is 51.5 Å². The second kappa shape index (κ2) is 9.09. The first-order chi connectivity index (χ1) is 13.4. The van der Waals surface area contributed by atoms with Gasteiger partial charge in [-0.25, -0.2) is 8.42 Å². The van der Waals surface area contributed by atoms with E-state index < -0.39 is 15.4 Å². The molecule has 0 bridgehead atoms. The number of hydrogen-bond donors (Lipinski definition) is 0. The van der Waals surface area contributed by atoms with Gasteiger partial charge in [0.2, 0.25) is 15.9 Å². The van der Waals surface area contributed by atoms with E-state index >= 15 is 0 Å². The lowest BCUT2D eigenvalue weighted by Gasteiger charge is -2.42. The van der Waals surface area contributed by atoms with Crippen LogP contribution in [0.5, 0.6) is 0 Å². The van der Waals surface area contributed by atoms with Crippen molar-refractivity contribution in [2.75, 3.05) is 58.9 Å². The SMILES string of the molecule is COCCS(=O)(=O)N1CCN(C(=O)C2(c3ccc(Cl)cc3)CCOCC2)CC1. The van der Waals surface area contributed by atoms with Gasteiger partial charge in [0.15, 0.2) is 0 Å². The van der Waals surface area contributed by atoms with E-state index in [2.05, 4.69) is 0 Å². The van der Waals surface area contributed by atoms with Gasteiger partial charge >= 0.3 is 0 Å². The molecule has 2 aliphatic rings. The number of ether oxygens (including phenoxy) is 2. The van der Waals surface area contributed by atoms with Crippen LogP contribution in [0.25, 0.3) is 0 Å². The average molecular weight is 431 g/mol. The summed E-state index contributed by atoms with van der Waals surface area (Å²) in [6.07, 6.45) is 1.22. The van der Waals surface area contributed by atoms with E-state index in [0.29, 0.717) is 57.3 Å². The van der Waals surface area contributed by atoms with Gasteiger partial charge in [-0.1, -0.05) is 23.7 Å². The summed E-state index contributed by atoms with van der Waals surface area (Å²) in [7, 11) is -1.87. The molecule has 3 rings (SSSR count). The predicted octanol–water partition coefficient (Wildman–Crippen LogP) is 1.51. The molecular formula is C19H27ClN2O5S. The summed E-state index contributed by atoms with van der Waals surface area (Å²) < 4.78 is 36.6. The number of carbonyl (C=O) groups excluding carboxylic acids is 1. The number of piperazine rings is 1. The largest absolute Gasteiger partial charge is 0.384 e. The van der Waals surface area contributed by atoms with Crippen LogP contribution in [0.4, 0.5) is 0 Å². The fourth-order valence-corrected chi connectivity index (χ4v) is 5.39. The smallest absolute Gasteiger partial charge is 0.233 e. The highest BCUT2D eigenvalue weighted by Crippen LogP contribution is 2.37. The number of rotatable bonds is 6. The highest BCUT2D eigenvalue weighted by molar-refractivity contribution is 7.89. The lowest BCUT2D eigenvalue weighted by atomic mass is 9.73. The molecular weight excluding hydrogens is 404 g/mol. The van der Waals surface area contributed by atoms with Crippen LogP contribution in [0.2, 0.25) is 5.02 Å². The Labute approximate surface area is 171 Å². The molecule has 0 saturated carbocycles. The summed E-state index contributed by atoms with van der Waals surface area (Å²) in [5.74, 6) is 0.0100. The molecule has 28 heavy (non-hydrogen) atoms. The van der Waals surface area contributed by atoms with Gasteiger partial charge in [-0.15, -0.1) is 0 Å². The zero-order valence-corrected chi connectivity index (χ0v) is 17.7. The van der Waals surface area contributed by atoms with Crippen LogP contribution in [0.3, 0.4) is 0 Å². The van der Waals surface area contributed by atoms with Crippen LogP contribution in [0, 0.1) is 0 Å². The fourth-order valence-electron chi connectivity index (χ4n) is 3.90. The van der Waals surface area contributed by atoms with Crippen molar-refractivity contribution in [3.05, 3.63) is 34.9 Å². The molecule has 1 amide bonds. The van der Waals surface area contributed by atoms with Gasteiger partial charge in [0.05, 0.1) is 17.8 Å². The van der Waals surface area contributed by atoms with Crippen LogP contribution in [0.15, 0.2) is 24.3 Å². The molecule has 0 N–H and O–H groups in total. The Kier molecular flexibility index (Phi) is 6.98. The Morgan fingerprint density at radius 1 is 1.14 bits per heavy atom. The van der Waals surface area contributed by atoms with Crippen LogP contribution in [-0.2, 0) is 29.7 Å². The first-order valence-electron chi connectivity index (χ1n) is 9.49. The predicted molar refractivity (Wildman–Crippen MR) is 107 cm³/mol. The van der Waals surface area contributed by atoms with Gasteiger partial charge in [0.25, 0.3) is 0 Å². The minimum Gasteiger partial charge on any atom is -0.384 e. The average Bonchev–Trinajstić information content (AvgIpc) is 2.73. The topological polar surface area (TPSA) is 76.2 Å². The van der Waals surface area contributed by atoms with Crippen molar-refractivity contribution in [2.24, 2.45) is 0 Å². The maximum atomic E-state index is 13.5. The lowest BCUT2D eigenvalue weighted by Crippen LogP contribution is -2.57. The van der Waals surface area contributed by atoms with Gasteiger partial charge < -0.3 is 14.4 Å². The Hall–Kier alpha value is -1.19. The number of nitrogens with zero attached hydrogens (tertiary/aromatic N) is 2. The third kappa shape index (κ3) is 4.52. The molecule has 9 heteroatoms. The minimum absolute atomic E-state index is 0.0382. The van der Waals surface area contributed by atoms with Crippen LogP contribution in [0.1, 0.15) is 18.4 Å². The molecule has 0 aromatic heterocycles. The Morgan fingerprint density at radius 2 is 1.75 bits per heavy atom. The Morgan fingerprint density at radius 3 is 2.32 bits per heavy atom. The van der Waals surface area contributed by atoms with Gasteiger partial charge in [0.1, 0.15) is 0 Å². The molecule has 0 aliphatic carbocycles. The zero-order valence-electron chi connectivity index (χ0n) is 16.1. The Balaban J connectivity index is 1.74. The van der Waals surface area contributed by atoms with Crippen LogP contribution in [-0.4, -0.2) is 82.4 Å². The number of carbonyl (C=O) groups is 1. The lowest BCUT2D eigenvalue weighted by molar-refractivity contribution is -0.142. The van der Waals surface area contributed by atoms with Crippen molar-refractivity contribution in [3.8, 4) is 0 Å². The first kappa shape index (κ1) is 21.5. The summed E-state index contributed by atoms with van der Waals surface area (Å²) in [5.41, 5.74) is 0.306.